The lowest BCUT2D eigenvalue weighted by Gasteiger charge is -2.03. The van der Waals surface area contributed by atoms with Crippen molar-refractivity contribution < 1.29 is 9.59 Å². The van der Waals surface area contributed by atoms with Crippen molar-refractivity contribution in [3.63, 3.8) is 0 Å². The molecular formula is C12H14ClNO2. The van der Waals surface area contributed by atoms with Gasteiger partial charge in [0.2, 0.25) is 5.91 Å². The Kier molecular flexibility index (Phi) is 4.99. The Bertz CT molecular complexity index is 373. The van der Waals surface area contributed by atoms with Crippen molar-refractivity contribution >= 4 is 23.3 Å². The maximum atomic E-state index is 11.6. The van der Waals surface area contributed by atoms with E-state index in [4.69, 9.17) is 11.6 Å². The van der Waals surface area contributed by atoms with E-state index in [1.54, 1.807) is 12.1 Å². The summed E-state index contributed by atoms with van der Waals surface area (Å²) in [7, 11) is 0. The highest BCUT2D eigenvalue weighted by Gasteiger charge is 2.06. The summed E-state index contributed by atoms with van der Waals surface area (Å²) >= 11 is 5.30. The van der Waals surface area contributed by atoms with E-state index in [-0.39, 0.29) is 24.1 Å². The minimum absolute atomic E-state index is 0.00295. The topological polar surface area (TPSA) is 46.2 Å². The Morgan fingerprint density at radius 3 is 2.38 bits per heavy atom. The first-order valence-electron chi connectivity index (χ1n) is 5.12. The number of amides is 1. The van der Waals surface area contributed by atoms with E-state index >= 15 is 0 Å². The zero-order chi connectivity index (χ0) is 12.0. The summed E-state index contributed by atoms with van der Waals surface area (Å²) in [5.74, 6) is -0.566. The molecule has 0 aliphatic carbocycles. The van der Waals surface area contributed by atoms with Crippen LogP contribution in [0.1, 0.15) is 22.8 Å². The number of ketones is 1. The van der Waals surface area contributed by atoms with Crippen molar-refractivity contribution in [1.82, 2.24) is 5.32 Å². The number of hydrogen-bond acceptors (Lipinski definition) is 2. The Labute approximate surface area is 99.8 Å². The molecule has 0 heterocycles. The van der Waals surface area contributed by atoms with Crippen molar-refractivity contribution in [2.75, 3.05) is 12.4 Å². The van der Waals surface area contributed by atoms with Crippen LogP contribution in [-0.4, -0.2) is 24.1 Å². The third-order valence-corrected chi connectivity index (χ3v) is 2.49. The molecule has 0 atom stereocenters. The normalized spacial score (nSPS) is 9.88. The van der Waals surface area contributed by atoms with Crippen molar-refractivity contribution in [3.8, 4) is 0 Å². The molecule has 0 saturated heterocycles. The predicted molar refractivity (Wildman–Crippen MR) is 63.9 cm³/mol. The van der Waals surface area contributed by atoms with Crippen LogP contribution in [0.15, 0.2) is 24.3 Å². The number of Topliss-reactive ketones (excluding diaryl/α,β-unsaturated/α-hetero) is 1. The van der Waals surface area contributed by atoms with Crippen molar-refractivity contribution in [2.45, 2.75) is 13.3 Å². The van der Waals surface area contributed by atoms with Crippen molar-refractivity contribution in [1.29, 1.82) is 0 Å². The summed E-state index contributed by atoms with van der Waals surface area (Å²) in [6.07, 6.45) is 0.942. The summed E-state index contributed by atoms with van der Waals surface area (Å²) in [5.41, 5.74) is 1.79. The van der Waals surface area contributed by atoms with Crippen LogP contribution < -0.4 is 5.32 Å². The molecule has 0 radical (unpaired) electrons. The van der Waals surface area contributed by atoms with Crippen LogP contribution >= 0.6 is 11.6 Å². The molecule has 1 aromatic carbocycles. The summed E-state index contributed by atoms with van der Waals surface area (Å²) in [6, 6.07) is 7.37. The fraction of sp³-hybridized carbons (Fsp3) is 0.333. The van der Waals surface area contributed by atoms with Gasteiger partial charge in [-0.25, -0.2) is 0 Å². The lowest BCUT2D eigenvalue weighted by Crippen LogP contribution is -2.30. The van der Waals surface area contributed by atoms with Gasteiger partial charge in [-0.2, -0.15) is 0 Å². The average Bonchev–Trinajstić information content (AvgIpc) is 2.35. The van der Waals surface area contributed by atoms with Gasteiger partial charge in [0, 0.05) is 5.56 Å². The molecule has 1 N–H and O–H groups in total. The first kappa shape index (κ1) is 12.7. The number of halogens is 1. The minimum atomic E-state index is -0.333. The summed E-state index contributed by atoms with van der Waals surface area (Å²) < 4.78 is 0. The zero-order valence-electron chi connectivity index (χ0n) is 9.13. The smallest absolute Gasteiger partial charge is 0.235 e. The number of rotatable bonds is 5. The van der Waals surface area contributed by atoms with Gasteiger partial charge in [-0.15, -0.1) is 11.6 Å². The minimum Gasteiger partial charge on any atom is -0.348 e. The van der Waals surface area contributed by atoms with Gasteiger partial charge >= 0.3 is 0 Å². The van der Waals surface area contributed by atoms with Crippen LogP contribution in [0.25, 0.3) is 0 Å². The summed E-state index contributed by atoms with van der Waals surface area (Å²) in [6.45, 7) is 2.05. The van der Waals surface area contributed by atoms with Gasteiger partial charge in [0.05, 0.1) is 6.54 Å². The molecule has 0 spiro atoms. The molecule has 1 aromatic rings. The second-order valence-electron chi connectivity index (χ2n) is 3.38. The monoisotopic (exact) mass is 239 g/mol. The molecule has 0 aromatic heterocycles. The fourth-order valence-corrected chi connectivity index (χ4v) is 1.35. The molecule has 4 heteroatoms. The van der Waals surface area contributed by atoms with E-state index < -0.39 is 0 Å². The number of carbonyl (C=O) groups is 2. The van der Waals surface area contributed by atoms with Crippen LogP contribution in [0, 0.1) is 0 Å². The standard InChI is InChI=1S/C12H14ClNO2/c1-2-9-3-5-10(6-4-9)11(15)8-14-12(16)7-13/h3-6H,2,7-8H2,1H3,(H,14,16). The second-order valence-corrected chi connectivity index (χ2v) is 3.65. The zero-order valence-corrected chi connectivity index (χ0v) is 9.88. The van der Waals surface area contributed by atoms with Crippen molar-refractivity contribution in [2.24, 2.45) is 0 Å². The van der Waals surface area contributed by atoms with Crippen LogP contribution in [0.4, 0.5) is 0 Å². The van der Waals surface area contributed by atoms with E-state index in [9.17, 15) is 9.59 Å². The van der Waals surface area contributed by atoms with E-state index in [1.807, 2.05) is 12.1 Å². The summed E-state index contributed by atoms with van der Waals surface area (Å²) in [5, 5.41) is 2.44. The van der Waals surface area contributed by atoms with E-state index in [0.29, 0.717) is 5.56 Å². The van der Waals surface area contributed by atoms with E-state index in [2.05, 4.69) is 12.2 Å². The third-order valence-electron chi connectivity index (χ3n) is 2.25. The second kappa shape index (κ2) is 6.28. The Morgan fingerprint density at radius 1 is 1.25 bits per heavy atom. The van der Waals surface area contributed by atoms with E-state index in [1.165, 1.54) is 5.56 Å². The van der Waals surface area contributed by atoms with Gasteiger partial charge in [0.15, 0.2) is 5.78 Å². The van der Waals surface area contributed by atoms with Crippen LogP contribution in [-0.2, 0) is 11.2 Å². The lowest BCUT2D eigenvalue weighted by atomic mass is 10.1. The molecule has 3 nitrogen and oxygen atoms in total. The lowest BCUT2D eigenvalue weighted by molar-refractivity contribution is -0.118. The first-order valence-corrected chi connectivity index (χ1v) is 5.65. The third kappa shape index (κ3) is 3.66. The van der Waals surface area contributed by atoms with Gasteiger partial charge < -0.3 is 5.32 Å². The average molecular weight is 240 g/mol. The number of benzene rings is 1. The molecule has 0 fully saturated rings. The van der Waals surface area contributed by atoms with Crippen LogP contribution in [0.3, 0.4) is 0 Å². The van der Waals surface area contributed by atoms with Gasteiger partial charge in [-0.1, -0.05) is 31.2 Å². The van der Waals surface area contributed by atoms with Crippen molar-refractivity contribution in [3.05, 3.63) is 35.4 Å². The largest absolute Gasteiger partial charge is 0.348 e. The molecule has 0 unspecified atom stereocenters. The highest BCUT2D eigenvalue weighted by Crippen LogP contribution is 2.05. The molecule has 0 aliphatic rings. The molecule has 1 amide bonds. The molecule has 16 heavy (non-hydrogen) atoms. The number of aryl methyl sites for hydroxylation is 1. The summed E-state index contributed by atoms with van der Waals surface area (Å²) in [4.78, 5) is 22.5. The number of hydrogen-bond donors (Lipinski definition) is 1. The van der Waals surface area contributed by atoms with Crippen LogP contribution in [0.2, 0.25) is 0 Å². The molecule has 0 aliphatic heterocycles. The SMILES string of the molecule is CCc1ccc(C(=O)CNC(=O)CCl)cc1. The molecule has 86 valence electrons. The molecule has 0 saturated carbocycles. The Hall–Kier alpha value is -1.35. The van der Waals surface area contributed by atoms with Crippen LogP contribution in [0.5, 0.6) is 0 Å². The molecular weight excluding hydrogens is 226 g/mol. The maximum absolute atomic E-state index is 11.6. The fourth-order valence-electron chi connectivity index (χ4n) is 1.25. The highest BCUT2D eigenvalue weighted by molar-refractivity contribution is 6.27. The predicted octanol–water partition coefficient (Wildman–Crippen LogP) is 1.79. The van der Waals surface area contributed by atoms with Gasteiger partial charge in [-0.3, -0.25) is 9.59 Å². The number of alkyl halides is 1. The van der Waals surface area contributed by atoms with E-state index in [0.717, 1.165) is 6.42 Å². The number of carbonyl (C=O) groups excluding carboxylic acids is 2. The first-order chi connectivity index (χ1) is 7.67. The van der Waals surface area contributed by atoms with Gasteiger partial charge in [-0.05, 0) is 12.0 Å². The Morgan fingerprint density at radius 2 is 1.88 bits per heavy atom. The highest BCUT2D eigenvalue weighted by atomic mass is 35.5. The van der Waals surface area contributed by atoms with Gasteiger partial charge in [0.1, 0.15) is 5.88 Å². The molecule has 1 rings (SSSR count). The number of nitrogens with one attached hydrogen (secondary N) is 1. The molecule has 0 bridgehead atoms. The quantitative estimate of drug-likeness (QED) is 0.629. The maximum Gasteiger partial charge on any atom is 0.235 e. The Balaban J connectivity index is 2.56. The van der Waals surface area contributed by atoms with Gasteiger partial charge in [0.25, 0.3) is 0 Å².